The Morgan fingerprint density at radius 1 is 1.26 bits per heavy atom. The van der Waals surface area contributed by atoms with Crippen molar-refractivity contribution in [1.29, 1.82) is 0 Å². The van der Waals surface area contributed by atoms with Crippen molar-refractivity contribution >= 4 is 22.8 Å². The maximum Gasteiger partial charge on any atom is 0.320 e. The molecule has 2 heterocycles. The van der Waals surface area contributed by atoms with Gasteiger partial charge in [0.05, 0.1) is 16.8 Å². The molecule has 2 N–H and O–H groups in total. The lowest BCUT2D eigenvalue weighted by atomic mass is 10.3. The highest BCUT2D eigenvalue weighted by molar-refractivity contribution is 7.98. The topological polar surface area (TPSA) is 74.6 Å². The number of alkyl halides is 2. The average Bonchev–Trinajstić information content (AvgIpc) is 3.20. The van der Waals surface area contributed by atoms with Gasteiger partial charge in [-0.15, -0.1) is 10.2 Å². The van der Waals surface area contributed by atoms with Gasteiger partial charge in [0.2, 0.25) is 5.16 Å². The number of thioether (sulfide) groups is 1. The summed E-state index contributed by atoms with van der Waals surface area (Å²) in [5, 5.41) is 8.64. The van der Waals surface area contributed by atoms with E-state index in [0.717, 1.165) is 23.2 Å². The average molecular weight is 336 g/mol. The molecule has 0 bridgehead atoms. The van der Waals surface area contributed by atoms with E-state index >= 15 is 0 Å². The van der Waals surface area contributed by atoms with Gasteiger partial charge in [0.15, 0.2) is 5.82 Å². The van der Waals surface area contributed by atoms with Crippen molar-refractivity contribution in [1.82, 2.24) is 24.4 Å². The first kappa shape index (κ1) is 14.4. The summed E-state index contributed by atoms with van der Waals surface area (Å²) in [6.45, 7) is -2.64. The summed E-state index contributed by atoms with van der Waals surface area (Å²) in [4.78, 5) is 4.30. The molecule has 0 aliphatic heterocycles. The van der Waals surface area contributed by atoms with Gasteiger partial charge in [0.1, 0.15) is 5.82 Å². The highest BCUT2D eigenvalue weighted by atomic mass is 32.2. The van der Waals surface area contributed by atoms with E-state index in [9.17, 15) is 8.78 Å². The Morgan fingerprint density at radius 2 is 2.04 bits per heavy atom. The number of nitrogens with zero attached hydrogens (tertiary/aromatic N) is 5. The highest BCUT2D eigenvalue weighted by Gasteiger charge is 2.30. The van der Waals surface area contributed by atoms with Crippen molar-refractivity contribution in [3.63, 3.8) is 0 Å². The fourth-order valence-corrected chi connectivity index (χ4v) is 3.34. The van der Waals surface area contributed by atoms with E-state index in [1.54, 1.807) is 24.3 Å². The third-order valence-corrected chi connectivity index (χ3v) is 4.77. The zero-order valence-corrected chi connectivity index (χ0v) is 12.9. The Labute approximate surface area is 134 Å². The Morgan fingerprint density at radius 3 is 2.78 bits per heavy atom. The molecule has 23 heavy (non-hydrogen) atoms. The van der Waals surface area contributed by atoms with Crippen LogP contribution in [0.3, 0.4) is 0 Å². The first-order valence-corrected chi connectivity index (χ1v) is 8.21. The number of aromatic nitrogens is 5. The van der Waals surface area contributed by atoms with E-state index < -0.39 is 6.55 Å². The fraction of sp³-hybridized carbons (Fsp3) is 0.357. The van der Waals surface area contributed by atoms with E-state index in [1.807, 2.05) is 0 Å². The summed E-state index contributed by atoms with van der Waals surface area (Å²) in [6, 6.07) is 6.86. The predicted octanol–water partition coefficient (Wildman–Crippen LogP) is 2.91. The Kier molecular flexibility index (Phi) is 3.44. The monoisotopic (exact) mass is 336 g/mol. The number of nitrogen functional groups attached to an aromatic ring is 1. The van der Waals surface area contributed by atoms with Crippen LogP contribution in [-0.4, -0.2) is 24.4 Å². The van der Waals surface area contributed by atoms with E-state index in [0.29, 0.717) is 27.9 Å². The molecule has 0 amide bonds. The SMILES string of the molecule is Nn1c(SCc2nc3ccccc3n2C(F)F)nnc1C1CC1. The zero-order chi connectivity index (χ0) is 16.0. The smallest absolute Gasteiger partial charge is 0.320 e. The van der Waals surface area contributed by atoms with Gasteiger partial charge in [-0.2, -0.15) is 8.78 Å². The summed E-state index contributed by atoms with van der Waals surface area (Å²) in [7, 11) is 0. The largest absolute Gasteiger partial charge is 0.336 e. The minimum Gasteiger partial charge on any atom is -0.336 e. The lowest BCUT2D eigenvalue weighted by molar-refractivity contribution is 0.0722. The molecule has 6 nitrogen and oxygen atoms in total. The lowest BCUT2D eigenvalue weighted by Gasteiger charge is -2.07. The summed E-state index contributed by atoms with van der Waals surface area (Å²) in [5.41, 5.74) is 0.974. The molecule has 0 radical (unpaired) electrons. The van der Waals surface area contributed by atoms with Gasteiger partial charge < -0.3 is 5.84 Å². The van der Waals surface area contributed by atoms with Crippen LogP contribution in [0.5, 0.6) is 0 Å². The molecule has 4 rings (SSSR count). The minimum absolute atomic E-state index is 0.249. The zero-order valence-electron chi connectivity index (χ0n) is 12.1. The van der Waals surface area contributed by atoms with Crippen LogP contribution in [0.4, 0.5) is 8.78 Å². The van der Waals surface area contributed by atoms with E-state index in [-0.39, 0.29) is 5.75 Å². The summed E-state index contributed by atoms with van der Waals surface area (Å²) in [6.07, 6.45) is 2.14. The second kappa shape index (κ2) is 5.48. The second-order valence-electron chi connectivity index (χ2n) is 5.44. The molecule has 0 unspecified atom stereocenters. The Bertz CT molecular complexity index is 854. The number of rotatable bonds is 5. The van der Waals surface area contributed by atoms with Crippen molar-refractivity contribution in [2.45, 2.75) is 36.2 Å². The van der Waals surface area contributed by atoms with Crippen LogP contribution in [-0.2, 0) is 5.75 Å². The molecule has 120 valence electrons. The number of imidazole rings is 1. The van der Waals surface area contributed by atoms with Crippen LogP contribution >= 0.6 is 11.8 Å². The van der Waals surface area contributed by atoms with Gasteiger partial charge >= 0.3 is 6.55 Å². The van der Waals surface area contributed by atoms with Crippen LogP contribution in [0.1, 0.15) is 37.0 Å². The van der Waals surface area contributed by atoms with Gasteiger partial charge in [-0.25, -0.2) is 9.66 Å². The van der Waals surface area contributed by atoms with Crippen LogP contribution in [0.15, 0.2) is 29.4 Å². The molecule has 1 fully saturated rings. The molecule has 9 heteroatoms. The van der Waals surface area contributed by atoms with Crippen molar-refractivity contribution in [2.24, 2.45) is 0 Å². The molecular weight excluding hydrogens is 322 g/mol. The van der Waals surface area contributed by atoms with E-state index in [4.69, 9.17) is 5.84 Å². The van der Waals surface area contributed by atoms with Crippen LogP contribution < -0.4 is 5.84 Å². The standard InChI is InChI=1S/C14H14F2N6S/c15-13(16)21-10-4-2-1-3-9(10)18-11(21)7-23-14-20-19-12(22(14)17)8-5-6-8/h1-4,8,13H,5-7,17H2. The third kappa shape index (κ3) is 2.54. The highest BCUT2D eigenvalue weighted by Crippen LogP contribution is 2.39. The van der Waals surface area contributed by atoms with Crippen molar-refractivity contribution in [3.05, 3.63) is 35.9 Å². The van der Waals surface area contributed by atoms with Crippen molar-refractivity contribution < 1.29 is 8.78 Å². The lowest BCUT2D eigenvalue weighted by Crippen LogP contribution is -2.13. The van der Waals surface area contributed by atoms with Crippen LogP contribution in [0.2, 0.25) is 0 Å². The number of fused-ring (bicyclic) bond motifs is 1. The minimum atomic E-state index is -2.64. The van der Waals surface area contributed by atoms with E-state index in [2.05, 4.69) is 15.2 Å². The van der Waals surface area contributed by atoms with Gasteiger partial charge in [-0.05, 0) is 25.0 Å². The van der Waals surface area contributed by atoms with Gasteiger partial charge in [-0.3, -0.25) is 4.57 Å². The Balaban J connectivity index is 1.61. The van der Waals surface area contributed by atoms with Crippen molar-refractivity contribution in [2.75, 3.05) is 5.84 Å². The molecule has 1 aliphatic carbocycles. The molecule has 1 aromatic carbocycles. The number of halogens is 2. The summed E-state index contributed by atoms with van der Waals surface area (Å²) < 4.78 is 29.1. The fourth-order valence-electron chi connectivity index (χ4n) is 2.55. The molecule has 1 aliphatic rings. The quantitative estimate of drug-likeness (QED) is 0.573. The first-order valence-electron chi connectivity index (χ1n) is 7.22. The molecule has 0 saturated heterocycles. The maximum absolute atomic E-state index is 13.4. The Hall–Kier alpha value is -2.16. The number of benzene rings is 1. The van der Waals surface area contributed by atoms with Crippen molar-refractivity contribution in [3.8, 4) is 0 Å². The number of nitrogens with two attached hydrogens (primary N) is 1. The third-order valence-electron chi connectivity index (χ3n) is 3.83. The molecule has 2 aromatic heterocycles. The molecule has 0 atom stereocenters. The number of hydrogen-bond acceptors (Lipinski definition) is 5. The summed E-state index contributed by atoms with van der Waals surface area (Å²) >= 11 is 1.26. The van der Waals surface area contributed by atoms with E-state index in [1.165, 1.54) is 16.4 Å². The number of hydrogen-bond donors (Lipinski definition) is 1. The molecule has 1 saturated carbocycles. The van der Waals surface area contributed by atoms with Crippen LogP contribution in [0, 0.1) is 0 Å². The first-order chi connectivity index (χ1) is 11.1. The maximum atomic E-state index is 13.4. The van der Waals surface area contributed by atoms with Gasteiger partial charge in [0, 0.05) is 5.92 Å². The molecule has 3 aromatic rings. The molecular formula is C14H14F2N6S. The van der Waals surface area contributed by atoms with Gasteiger partial charge in [-0.1, -0.05) is 23.9 Å². The number of para-hydroxylation sites is 2. The normalized spacial score (nSPS) is 14.9. The predicted molar refractivity (Wildman–Crippen MR) is 82.7 cm³/mol. The summed E-state index contributed by atoms with van der Waals surface area (Å²) in [5.74, 6) is 7.66. The second-order valence-corrected chi connectivity index (χ2v) is 6.38. The van der Waals surface area contributed by atoms with Crippen LogP contribution in [0.25, 0.3) is 11.0 Å². The molecule has 0 spiro atoms. The van der Waals surface area contributed by atoms with Gasteiger partial charge in [0.25, 0.3) is 0 Å².